The van der Waals surface area contributed by atoms with Crippen molar-refractivity contribution in [3.63, 3.8) is 0 Å². The fourth-order valence-corrected chi connectivity index (χ4v) is 3.67. The molecule has 0 bridgehead atoms. The van der Waals surface area contributed by atoms with Crippen LogP contribution in [0.1, 0.15) is 17.7 Å². The molecular weight excluding hydrogens is 332 g/mol. The minimum Gasteiger partial charge on any atom is -0.454 e. The second kappa shape index (κ2) is 7.41. The molecule has 0 fully saturated rings. The van der Waals surface area contributed by atoms with Crippen LogP contribution in [0.2, 0.25) is 0 Å². The van der Waals surface area contributed by atoms with Gasteiger partial charge in [-0.1, -0.05) is 6.07 Å². The predicted molar refractivity (Wildman–Crippen MR) is 96.1 cm³/mol. The lowest BCUT2D eigenvalue weighted by Crippen LogP contribution is -2.35. The molecule has 26 heavy (non-hydrogen) atoms. The number of hydrogen-bond acceptors (Lipinski definition) is 4. The van der Waals surface area contributed by atoms with E-state index in [0.29, 0.717) is 25.5 Å². The molecule has 0 saturated heterocycles. The standard InChI is InChI=1S/C20H24N2O4/c1-24-8-6-16-11-21-7-2-3-17(21)13-22(12-16)20(23)10-15-4-5-18-19(9-15)26-14-25-18/h2-5,7,9,16H,6,8,10-14H2,1H3/t16-/m0/s1. The van der Waals surface area contributed by atoms with Gasteiger partial charge in [0.1, 0.15) is 0 Å². The summed E-state index contributed by atoms with van der Waals surface area (Å²) in [6, 6.07) is 9.87. The van der Waals surface area contributed by atoms with Gasteiger partial charge in [0.2, 0.25) is 12.7 Å². The van der Waals surface area contributed by atoms with Gasteiger partial charge in [0.05, 0.1) is 13.0 Å². The Morgan fingerprint density at radius 1 is 1.23 bits per heavy atom. The molecule has 6 nitrogen and oxygen atoms in total. The number of carbonyl (C=O) groups is 1. The van der Waals surface area contributed by atoms with E-state index in [-0.39, 0.29) is 12.7 Å². The first-order chi connectivity index (χ1) is 12.7. The molecule has 4 rings (SSSR count). The van der Waals surface area contributed by atoms with E-state index in [1.54, 1.807) is 7.11 Å². The third-order valence-corrected chi connectivity index (χ3v) is 5.09. The van der Waals surface area contributed by atoms with Gasteiger partial charge in [0.25, 0.3) is 0 Å². The number of carbonyl (C=O) groups excluding carboxylic acids is 1. The fraction of sp³-hybridized carbons (Fsp3) is 0.450. The van der Waals surface area contributed by atoms with Crippen molar-refractivity contribution in [1.82, 2.24) is 9.47 Å². The van der Waals surface area contributed by atoms with E-state index in [4.69, 9.17) is 14.2 Å². The van der Waals surface area contributed by atoms with Gasteiger partial charge in [-0.3, -0.25) is 4.79 Å². The lowest BCUT2D eigenvalue weighted by molar-refractivity contribution is -0.131. The molecule has 0 saturated carbocycles. The quantitative estimate of drug-likeness (QED) is 0.826. The van der Waals surface area contributed by atoms with E-state index < -0.39 is 0 Å². The Balaban J connectivity index is 1.48. The number of fused-ring (bicyclic) bond motifs is 2. The number of aromatic nitrogens is 1. The molecule has 0 spiro atoms. The topological polar surface area (TPSA) is 52.9 Å². The molecule has 2 aliphatic heterocycles. The zero-order valence-corrected chi connectivity index (χ0v) is 15.0. The first-order valence-corrected chi connectivity index (χ1v) is 9.02. The van der Waals surface area contributed by atoms with E-state index >= 15 is 0 Å². The molecule has 138 valence electrons. The number of hydrogen-bond donors (Lipinski definition) is 0. The van der Waals surface area contributed by atoms with Gasteiger partial charge in [-0.2, -0.15) is 0 Å². The lowest BCUT2D eigenvalue weighted by Gasteiger charge is -2.24. The molecule has 0 aliphatic carbocycles. The highest BCUT2D eigenvalue weighted by Gasteiger charge is 2.25. The number of rotatable bonds is 5. The van der Waals surface area contributed by atoms with Crippen LogP contribution in [0.15, 0.2) is 36.5 Å². The van der Waals surface area contributed by atoms with Crippen LogP contribution < -0.4 is 9.47 Å². The molecule has 1 aromatic carbocycles. The van der Waals surface area contributed by atoms with Crippen LogP contribution in [0.25, 0.3) is 0 Å². The zero-order valence-electron chi connectivity index (χ0n) is 15.0. The van der Waals surface area contributed by atoms with Gasteiger partial charge >= 0.3 is 0 Å². The summed E-state index contributed by atoms with van der Waals surface area (Å²) in [5.74, 6) is 2.00. The SMILES string of the molecule is COCC[C@@H]1CN(C(=O)Cc2ccc3c(c2)OCO3)Cc2cccn2C1. The van der Waals surface area contributed by atoms with E-state index in [0.717, 1.165) is 36.6 Å². The number of amides is 1. The van der Waals surface area contributed by atoms with Gasteiger partial charge in [0, 0.05) is 38.7 Å². The van der Waals surface area contributed by atoms with Crippen LogP contribution in [-0.2, 0) is 29.0 Å². The minimum atomic E-state index is 0.140. The van der Waals surface area contributed by atoms with Crippen molar-refractivity contribution in [1.29, 1.82) is 0 Å². The molecule has 6 heteroatoms. The average Bonchev–Trinajstić information content (AvgIpc) is 3.24. The Bertz CT molecular complexity index is 786. The molecule has 2 aliphatic rings. The van der Waals surface area contributed by atoms with E-state index in [1.807, 2.05) is 23.1 Å². The molecule has 1 atom stereocenters. The Labute approximate surface area is 153 Å². The first kappa shape index (κ1) is 17.0. The fourth-order valence-electron chi connectivity index (χ4n) is 3.67. The molecular formula is C20H24N2O4. The molecule has 2 aromatic rings. The maximum Gasteiger partial charge on any atom is 0.231 e. The first-order valence-electron chi connectivity index (χ1n) is 9.02. The van der Waals surface area contributed by atoms with Gasteiger partial charge in [0.15, 0.2) is 11.5 Å². The summed E-state index contributed by atoms with van der Waals surface area (Å²) in [5, 5.41) is 0. The summed E-state index contributed by atoms with van der Waals surface area (Å²) < 4.78 is 18.3. The van der Waals surface area contributed by atoms with E-state index in [1.165, 1.54) is 5.69 Å². The Hall–Kier alpha value is -2.47. The van der Waals surface area contributed by atoms with Gasteiger partial charge in [-0.15, -0.1) is 0 Å². The minimum absolute atomic E-state index is 0.140. The Morgan fingerprint density at radius 3 is 3.00 bits per heavy atom. The highest BCUT2D eigenvalue weighted by molar-refractivity contribution is 5.79. The molecule has 0 unspecified atom stereocenters. The van der Waals surface area contributed by atoms with Crippen LogP contribution in [0, 0.1) is 5.92 Å². The van der Waals surface area contributed by atoms with Crippen LogP contribution in [0.5, 0.6) is 11.5 Å². The third-order valence-electron chi connectivity index (χ3n) is 5.09. The third kappa shape index (κ3) is 3.55. The highest BCUT2D eigenvalue weighted by Crippen LogP contribution is 2.32. The number of benzene rings is 1. The van der Waals surface area contributed by atoms with Crippen molar-refractivity contribution in [2.24, 2.45) is 5.92 Å². The average molecular weight is 356 g/mol. The summed E-state index contributed by atoms with van der Waals surface area (Å²) in [7, 11) is 1.72. The zero-order chi connectivity index (χ0) is 17.9. The molecule has 3 heterocycles. The largest absolute Gasteiger partial charge is 0.454 e. The van der Waals surface area contributed by atoms with Crippen LogP contribution in [0.3, 0.4) is 0 Å². The maximum atomic E-state index is 13.0. The number of methoxy groups -OCH3 is 1. The molecule has 0 N–H and O–H groups in total. The van der Waals surface area contributed by atoms with Crippen LogP contribution in [-0.4, -0.2) is 42.4 Å². The summed E-state index contributed by atoms with van der Waals surface area (Å²) in [4.78, 5) is 15.0. The number of nitrogens with zero attached hydrogens (tertiary/aromatic N) is 2. The molecule has 1 amide bonds. The number of ether oxygens (including phenoxy) is 3. The summed E-state index contributed by atoms with van der Waals surface area (Å²) in [6.45, 7) is 3.30. The smallest absolute Gasteiger partial charge is 0.231 e. The second-order valence-electron chi connectivity index (χ2n) is 6.94. The van der Waals surface area contributed by atoms with Gasteiger partial charge < -0.3 is 23.7 Å². The Kier molecular flexibility index (Phi) is 4.84. The summed E-state index contributed by atoms with van der Waals surface area (Å²) in [5.41, 5.74) is 2.14. The lowest BCUT2D eigenvalue weighted by atomic mass is 10.0. The van der Waals surface area contributed by atoms with Gasteiger partial charge in [-0.05, 0) is 42.2 Å². The van der Waals surface area contributed by atoms with Crippen molar-refractivity contribution in [2.75, 3.05) is 27.1 Å². The molecule has 1 aromatic heterocycles. The summed E-state index contributed by atoms with van der Waals surface area (Å²) >= 11 is 0. The van der Waals surface area contributed by atoms with Crippen molar-refractivity contribution in [2.45, 2.75) is 25.9 Å². The van der Waals surface area contributed by atoms with Crippen LogP contribution in [0.4, 0.5) is 0 Å². The normalized spacial score (nSPS) is 18.5. The van der Waals surface area contributed by atoms with E-state index in [9.17, 15) is 4.79 Å². The van der Waals surface area contributed by atoms with Crippen molar-refractivity contribution < 1.29 is 19.0 Å². The molecule has 0 radical (unpaired) electrons. The van der Waals surface area contributed by atoms with Crippen molar-refractivity contribution >= 4 is 5.91 Å². The Morgan fingerprint density at radius 2 is 2.12 bits per heavy atom. The highest BCUT2D eigenvalue weighted by atomic mass is 16.7. The van der Waals surface area contributed by atoms with Crippen LogP contribution >= 0.6 is 0 Å². The van der Waals surface area contributed by atoms with Gasteiger partial charge in [-0.25, -0.2) is 0 Å². The second-order valence-corrected chi connectivity index (χ2v) is 6.94. The monoisotopic (exact) mass is 356 g/mol. The van der Waals surface area contributed by atoms with E-state index in [2.05, 4.69) is 22.9 Å². The van der Waals surface area contributed by atoms with Crippen molar-refractivity contribution in [3.8, 4) is 11.5 Å². The maximum absolute atomic E-state index is 13.0. The summed E-state index contributed by atoms with van der Waals surface area (Å²) in [6.07, 6.45) is 3.41. The van der Waals surface area contributed by atoms with Crippen molar-refractivity contribution in [3.05, 3.63) is 47.8 Å². The predicted octanol–water partition coefficient (Wildman–Crippen LogP) is 2.45.